The Bertz CT molecular complexity index is 463. The molecule has 0 radical (unpaired) electrons. The quantitative estimate of drug-likeness (QED) is 0.873. The van der Waals surface area contributed by atoms with Gasteiger partial charge in [0.25, 0.3) is 0 Å². The summed E-state index contributed by atoms with van der Waals surface area (Å²) in [5.74, 6) is -1.26. The number of anilines is 1. The van der Waals surface area contributed by atoms with Gasteiger partial charge in [0.1, 0.15) is 6.54 Å². The summed E-state index contributed by atoms with van der Waals surface area (Å²) >= 11 is 0. The molecule has 0 aliphatic carbocycles. The zero-order valence-corrected chi connectivity index (χ0v) is 10.4. The van der Waals surface area contributed by atoms with Gasteiger partial charge in [-0.25, -0.2) is 4.79 Å². The summed E-state index contributed by atoms with van der Waals surface area (Å²) in [6.07, 6.45) is -5.55. The number of amides is 2. The molecule has 2 amide bonds. The highest BCUT2D eigenvalue weighted by Gasteiger charge is 2.27. The van der Waals surface area contributed by atoms with Gasteiger partial charge in [-0.3, -0.25) is 9.69 Å². The van der Waals surface area contributed by atoms with Crippen molar-refractivity contribution >= 4 is 17.7 Å². The standard InChI is InChI=1S/C12H13F3N2O3/c13-12(14,15)6-7-16-11(20)17(8-10(18)19)9-4-2-1-3-5-9/h1-5H,6-8H2,(H,16,20)(H,18,19). The van der Waals surface area contributed by atoms with Crippen LogP contribution in [0.4, 0.5) is 23.7 Å². The lowest BCUT2D eigenvalue weighted by molar-refractivity contribution is -0.135. The summed E-state index contributed by atoms with van der Waals surface area (Å²) in [7, 11) is 0. The normalized spacial score (nSPS) is 10.9. The molecule has 0 unspecified atom stereocenters. The molecule has 110 valence electrons. The van der Waals surface area contributed by atoms with E-state index >= 15 is 0 Å². The van der Waals surface area contributed by atoms with Gasteiger partial charge in [0.15, 0.2) is 0 Å². The fraction of sp³-hybridized carbons (Fsp3) is 0.333. The fourth-order valence-corrected chi connectivity index (χ4v) is 1.43. The number of carboxylic acids is 1. The molecule has 8 heteroatoms. The van der Waals surface area contributed by atoms with Crippen LogP contribution in [0.5, 0.6) is 0 Å². The van der Waals surface area contributed by atoms with Crippen LogP contribution in [-0.4, -0.2) is 36.4 Å². The molecule has 0 aromatic heterocycles. The van der Waals surface area contributed by atoms with Gasteiger partial charge >= 0.3 is 18.2 Å². The van der Waals surface area contributed by atoms with Crippen LogP contribution in [0.1, 0.15) is 6.42 Å². The number of alkyl halides is 3. The Morgan fingerprint density at radius 1 is 1.20 bits per heavy atom. The summed E-state index contributed by atoms with van der Waals surface area (Å²) in [6.45, 7) is -1.24. The van der Waals surface area contributed by atoms with Crippen molar-refractivity contribution in [2.45, 2.75) is 12.6 Å². The fourth-order valence-electron chi connectivity index (χ4n) is 1.43. The van der Waals surface area contributed by atoms with Gasteiger partial charge in [0.05, 0.1) is 6.42 Å². The maximum atomic E-state index is 12.0. The molecule has 20 heavy (non-hydrogen) atoms. The Morgan fingerprint density at radius 2 is 1.80 bits per heavy atom. The minimum absolute atomic E-state index is 0.291. The van der Waals surface area contributed by atoms with Gasteiger partial charge in [-0.2, -0.15) is 13.2 Å². The second kappa shape index (κ2) is 6.78. The maximum Gasteiger partial charge on any atom is 0.390 e. The first-order valence-electron chi connectivity index (χ1n) is 5.68. The molecular formula is C12H13F3N2O3. The number of rotatable bonds is 5. The van der Waals surface area contributed by atoms with Crippen molar-refractivity contribution < 1.29 is 27.9 Å². The number of nitrogens with zero attached hydrogens (tertiary/aromatic N) is 1. The SMILES string of the molecule is O=C(O)CN(C(=O)NCCC(F)(F)F)c1ccccc1. The lowest BCUT2D eigenvalue weighted by Gasteiger charge is -2.21. The van der Waals surface area contributed by atoms with E-state index in [1.165, 1.54) is 12.1 Å². The van der Waals surface area contributed by atoms with Gasteiger partial charge in [0, 0.05) is 12.2 Å². The Morgan fingerprint density at radius 3 is 2.30 bits per heavy atom. The highest BCUT2D eigenvalue weighted by Crippen LogP contribution is 2.18. The van der Waals surface area contributed by atoms with Crippen molar-refractivity contribution in [2.24, 2.45) is 0 Å². The summed E-state index contributed by atoms with van der Waals surface area (Å²) in [5, 5.41) is 10.8. The first-order chi connectivity index (χ1) is 9.29. The molecule has 0 aliphatic rings. The molecule has 0 saturated heterocycles. The predicted octanol–water partition coefficient (Wildman–Crippen LogP) is 2.24. The van der Waals surface area contributed by atoms with Crippen molar-refractivity contribution in [3.63, 3.8) is 0 Å². The number of hydrogen-bond acceptors (Lipinski definition) is 2. The number of benzene rings is 1. The number of carbonyl (C=O) groups is 2. The highest BCUT2D eigenvalue weighted by molar-refractivity contribution is 5.96. The molecule has 1 rings (SSSR count). The van der Waals surface area contributed by atoms with E-state index in [1.54, 1.807) is 18.2 Å². The molecule has 1 aromatic rings. The van der Waals surface area contributed by atoms with Gasteiger partial charge in [-0.15, -0.1) is 0 Å². The number of hydrogen-bond donors (Lipinski definition) is 2. The highest BCUT2D eigenvalue weighted by atomic mass is 19.4. The van der Waals surface area contributed by atoms with E-state index in [2.05, 4.69) is 0 Å². The van der Waals surface area contributed by atoms with Gasteiger partial charge in [0.2, 0.25) is 0 Å². The Balaban J connectivity index is 2.69. The molecule has 0 heterocycles. The smallest absolute Gasteiger partial charge is 0.390 e. The summed E-state index contributed by atoms with van der Waals surface area (Å²) in [4.78, 5) is 23.3. The third kappa shape index (κ3) is 5.59. The van der Waals surface area contributed by atoms with Gasteiger partial charge in [-0.1, -0.05) is 18.2 Å². The molecule has 1 aromatic carbocycles. The number of urea groups is 1. The molecule has 0 atom stereocenters. The zero-order chi connectivity index (χ0) is 15.2. The molecular weight excluding hydrogens is 277 g/mol. The summed E-state index contributed by atoms with van der Waals surface area (Å²) in [6, 6.07) is 6.95. The van der Waals surface area contributed by atoms with E-state index < -0.39 is 37.7 Å². The number of halogens is 3. The Labute approximate surface area is 113 Å². The minimum atomic E-state index is -4.38. The average Bonchev–Trinajstić information content (AvgIpc) is 2.35. The van der Waals surface area contributed by atoms with Crippen LogP contribution in [0.2, 0.25) is 0 Å². The summed E-state index contributed by atoms with van der Waals surface area (Å²) < 4.78 is 35.9. The van der Waals surface area contributed by atoms with E-state index in [4.69, 9.17) is 5.11 Å². The maximum absolute atomic E-state index is 12.0. The number of para-hydroxylation sites is 1. The number of carboxylic acid groups (broad SMARTS) is 1. The molecule has 0 fully saturated rings. The van der Waals surface area contributed by atoms with Crippen LogP contribution in [0, 0.1) is 0 Å². The lowest BCUT2D eigenvalue weighted by atomic mass is 10.3. The second-order valence-electron chi connectivity index (χ2n) is 3.91. The van der Waals surface area contributed by atoms with E-state index in [0.717, 1.165) is 4.90 Å². The summed E-state index contributed by atoms with van der Waals surface area (Å²) in [5.41, 5.74) is 0.291. The van der Waals surface area contributed by atoms with E-state index in [0.29, 0.717) is 5.69 Å². The first kappa shape index (κ1) is 15.8. The van der Waals surface area contributed by atoms with Crippen LogP contribution < -0.4 is 10.2 Å². The van der Waals surface area contributed by atoms with E-state index in [-0.39, 0.29) is 0 Å². The van der Waals surface area contributed by atoms with E-state index in [1.807, 2.05) is 5.32 Å². The molecule has 0 bridgehead atoms. The molecule has 2 N–H and O–H groups in total. The van der Waals surface area contributed by atoms with Crippen molar-refractivity contribution in [3.05, 3.63) is 30.3 Å². The second-order valence-corrected chi connectivity index (χ2v) is 3.91. The molecule has 0 saturated carbocycles. The van der Waals surface area contributed by atoms with Crippen LogP contribution in [0.25, 0.3) is 0 Å². The Hall–Kier alpha value is -2.25. The first-order valence-corrected chi connectivity index (χ1v) is 5.68. The van der Waals surface area contributed by atoms with Crippen LogP contribution in [-0.2, 0) is 4.79 Å². The lowest BCUT2D eigenvalue weighted by Crippen LogP contribution is -2.43. The van der Waals surface area contributed by atoms with E-state index in [9.17, 15) is 22.8 Å². The number of aliphatic carboxylic acids is 1. The third-order valence-corrected chi connectivity index (χ3v) is 2.29. The number of nitrogens with one attached hydrogen (secondary N) is 1. The monoisotopic (exact) mass is 290 g/mol. The van der Waals surface area contributed by atoms with Crippen LogP contribution in [0.15, 0.2) is 30.3 Å². The van der Waals surface area contributed by atoms with Crippen molar-refractivity contribution in [3.8, 4) is 0 Å². The average molecular weight is 290 g/mol. The Kier molecular flexibility index (Phi) is 5.36. The van der Waals surface area contributed by atoms with Crippen LogP contribution in [0.3, 0.4) is 0 Å². The predicted molar refractivity (Wildman–Crippen MR) is 65.5 cm³/mol. The molecule has 0 spiro atoms. The van der Waals surface area contributed by atoms with Crippen LogP contribution >= 0.6 is 0 Å². The van der Waals surface area contributed by atoms with Gasteiger partial charge < -0.3 is 10.4 Å². The molecule has 0 aliphatic heterocycles. The third-order valence-electron chi connectivity index (χ3n) is 2.29. The zero-order valence-electron chi connectivity index (χ0n) is 10.4. The van der Waals surface area contributed by atoms with Crippen molar-refractivity contribution in [1.29, 1.82) is 0 Å². The molecule has 5 nitrogen and oxygen atoms in total. The van der Waals surface area contributed by atoms with Crippen molar-refractivity contribution in [2.75, 3.05) is 18.0 Å². The topological polar surface area (TPSA) is 69.6 Å². The van der Waals surface area contributed by atoms with Gasteiger partial charge in [-0.05, 0) is 12.1 Å². The number of carbonyl (C=O) groups excluding carboxylic acids is 1. The largest absolute Gasteiger partial charge is 0.480 e. The van der Waals surface area contributed by atoms with Crippen molar-refractivity contribution in [1.82, 2.24) is 5.32 Å². The minimum Gasteiger partial charge on any atom is -0.480 e.